The number of rotatable bonds is 9. The Morgan fingerprint density at radius 3 is 2.81 bits per heavy atom. The van der Waals surface area contributed by atoms with Crippen molar-refractivity contribution in [1.29, 1.82) is 0 Å². The molecule has 0 radical (unpaired) electrons. The molecule has 9 nitrogen and oxygen atoms in total. The molecule has 0 aliphatic carbocycles. The van der Waals surface area contributed by atoms with E-state index in [9.17, 15) is 17.6 Å². The fourth-order valence-corrected chi connectivity index (χ4v) is 4.72. The topological polar surface area (TPSA) is 81.7 Å². The van der Waals surface area contributed by atoms with Crippen molar-refractivity contribution in [2.75, 3.05) is 45.8 Å². The molecule has 0 saturated carbocycles. The fourth-order valence-electron chi connectivity index (χ4n) is 4.72. The SMILES string of the molecule is COCCN1CC[C@@H](Nc2nc(OC)c3c(-c4cc(F)c5ncn(CC(F)F)c5c4)ccn3n2)[C@@H](F)C1. The molecule has 0 spiro atoms. The first kappa shape index (κ1) is 25.2. The monoisotopic (exact) mass is 521 g/mol. The maximum Gasteiger partial charge on any atom is 0.256 e. The normalized spacial score (nSPS) is 18.8. The highest BCUT2D eigenvalue weighted by atomic mass is 19.3. The molecule has 4 heterocycles. The van der Waals surface area contributed by atoms with Gasteiger partial charge >= 0.3 is 0 Å². The molecular weight excluding hydrogens is 494 g/mol. The van der Waals surface area contributed by atoms with Crippen molar-refractivity contribution in [1.82, 2.24) is 29.0 Å². The summed E-state index contributed by atoms with van der Waals surface area (Å²) in [6.45, 7) is 1.61. The lowest BCUT2D eigenvalue weighted by Crippen LogP contribution is -2.48. The van der Waals surface area contributed by atoms with Crippen molar-refractivity contribution in [2.24, 2.45) is 0 Å². The average Bonchev–Trinajstić information content (AvgIpc) is 3.48. The Balaban J connectivity index is 1.45. The summed E-state index contributed by atoms with van der Waals surface area (Å²) in [5.74, 6) is -0.239. The Labute approximate surface area is 210 Å². The molecule has 5 rings (SSSR count). The van der Waals surface area contributed by atoms with Crippen molar-refractivity contribution in [3.05, 3.63) is 36.5 Å². The Kier molecular flexibility index (Phi) is 7.15. The number of anilines is 1. The van der Waals surface area contributed by atoms with Gasteiger partial charge in [0.1, 0.15) is 17.2 Å². The highest BCUT2D eigenvalue weighted by molar-refractivity contribution is 5.90. The molecule has 1 N–H and O–H groups in total. The van der Waals surface area contributed by atoms with Crippen LogP contribution in [0, 0.1) is 5.82 Å². The number of alkyl halides is 3. The lowest BCUT2D eigenvalue weighted by Gasteiger charge is -2.34. The minimum absolute atomic E-state index is 0.0108. The van der Waals surface area contributed by atoms with Gasteiger partial charge in [0.2, 0.25) is 11.8 Å². The molecule has 4 aromatic rings. The van der Waals surface area contributed by atoms with Crippen molar-refractivity contribution in [2.45, 2.75) is 31.6 Å². The van der Waals surface area contributed by atoms with Crippen molar-refractivity contribution in [3.63, 3.8) is 0 Å². The third-order valence-corrected chi connectivity index (χ3v) is 6.55. The Morgan fingerprint density at radius 2 is 2.08 bits per heavy atom. The van der Waals surface area contributed by atoms with Gasteiger partial charge < -0.3 is 19.4 Å². The van der Waals surface area contributed by atoms with Crippen LogP contribution in [0.2, 0.25) is 0 Å². The van der Waals surface area contributed by atoms with E-state index in [1.54, 1.807) is 25.4 Å². The number of aromatic nitrogens is 5. The smallest absolute Gasteiger partial charge is 0.256 e. The molecule has 37 heavy (non-hydrogen) atoms. The number of imidazole rings is 1. The number of benzene rings is 1. The molecule has 1 aliphatic rings. The number of hydrogen-bond donors (Lipinski definition) is 1. The zero-order valence-electron chi connectivity index (χ0n) is 20.4. The van der Waals surface area contributed by atoms with Crippen LogP contribution in [0.25, 0.3) is 27.7 Å². The Bertz CT molecular complexity index is 1390. The summed E-state index contributed by atoms with van der Waals surface area (Å²) in [5.41, 5.74) is 1.69. The average molecular weight is 522 g/mol. The number of fused-ring (bicyclic) bond motifs is 2. The van der Waals surface area contributed by atoms with Crippen molar-refractivity contribution >= 4 is 22.5 Å². The largest absolute Gasteiger partial charge is 0.479 e. The predicted molar refractivity (Wildman–Crippen MR) is 129 cm³/mol. The number of piperidine rings is 1. The van der Waals surface area contributed by atoms with E-state index in [1.165, 1.54) is 28.6 Å². The van der Waals surface area contributed by atoms with Gasteiger partial charge in [-0.1, -0.05) is 0 Å². The van der Waals surface area contributed by atoms with Crippen LogP contribution >= 0.6 is 0 Å². The van der Waals surface area contributed by atoms with Crippen LogP contribution < -0.4 is 10.1 Å². The molecule has 13 heteroatoms. The van der Waals surface area contributed by atoms with Gasteiger partial charge in [0.25, 0.3) is 6.43 Å². The summed E-state index contributed by atoms with van der Waals surface area (Å²) < 4.78 is 69.0. The summed E-state index contributed by atoms with van der Waals surface area (Å²) in [5, 5.41) is 7.54. The fraction of sp³-hybridized carbons (Fsp3) is 0.458. The molecule has 0 amide bonds. The van der Waals surface area contributed by atoms with E-state index in [1.807, 2.05) is 4.90 Å². The molecule has 1 fully saturated rings. The molecule has 1 aliphatic heterocycles. The number of methoxy groups -OCH3 is 2. The van der Waals surface area contributed by atoms with Gasteiger partial charge in [0.05, 0.1) is 38.1 Å². The van der Waals surface area contributed by atoms with Crippen LogP contribution in [0.4, 0.5) is 23.5 Å². The molecule has 2 atom stereocenters. The minimum Gasteiger partial charge on any atom is -0.479 e. The second-order valence-corrected chi connectivity index (χ2v) is 8.93. The van der Waals surface area contributed by atoms with Crippen molar-refractivity contribution < 1.29 is 27.0 Å². The molecule has 198 valence electrons. The summed E-state index contributed by atoms with van der Waals surface area (Å²) in [7, 11) is 3.06. The summed E-state index contributed by atoms with van der Waals surface area (Å²) in [4.78, 5) is 10.4. The van der Waals surface area contributed by atoms with Gasteiger partial charge in [-0.2, -0.15) is 4.98 Å². The van der Waals surface area contributed by atoms with Gasteiger partial charge in [-0.3, -0.25) is 4.90 Å². The lowest BCUT2D eigenvalue weighted by atomic mass is 10.0. The van der Waals surface area contributed by atoms with Crippen molar-refractivity contribution in [3.8, 4) is 17.0 Å². The Hall–Kier alpha value is -3.45. The third kappa shape index (κ3) is 5.05. The first-order valence-corrected chi connectivity index (χ1v) is 11.9. The highest BCUT2D eigenvalue weighted by Crippen LogP contribution is 2.34. The van der Waals surface area contributed by atoms with Gasteiger partial charge in [-0.05, 0) is 30.2 Å². The van der Waals surface area contributed by atoms with Crippen LogP contribution in [-0.2, 0) is 11.3 Å². The minimum atomic E-state index is -2.61. The molecular formula is C24H27F4N7O2. The zero-order valence-corrected chi connectivity index (χ0v) is 20.4. The van der Waals surface area contributed by atoms with Gasteiger partial charge in [-0.25, -0.2) is 27.1 Å². The third-order valence-electron chi connectivity index (χ3n) is 6.55. The highest BCUT2D eigenvalue weighted by Gasteiger charge is 2.30. The van der Waals surface area contributed by atoms with E-state index < -0.39 is 31.0 Å². The number of ether oxygens (including phenoxy) is 2. The first-order chi connectivity index (χ1) is 17.9. The second kappa shape index (κ2) is 10.5. The van der Waals surface area contributed by atoms with E-state index in [2.05, 4.69) is 20.4 Å². The van der Waals surface area contributed by atoms with Crippen LogP contribution in [0.3, 0.4) is 0 Å². The van der Waals surface area contributed by atoms with Crippen LogP contribution in [0.1, 0.15) is 6.42 Å². The van der Waals surface area contributed by atoms with E-state index >= 15 is 0 Å². The Morgan fingerprint density at radius 1 is 1.24 bits per heavy atom. The van der Waals surface area contributed by atoms with Gasteiger partial charge in [0, 0.05) is 38.5 Å². The number of halogens is 4. The van der Waals surface area contributed by atoms with Crippen LogP contribution in [0.15, 0.2) is 30.7 Å². The van der Waals surface area contributed by atoms with E-state index in [0.29, 0.717) is 42.8 Å². The second-order valence-electron chi connectivity index (χ2n) is 8.93. The standard InChI is InChI=1S/C24H27F4N7O2/c1-36-8-7-33-5-4-18(17(26)11-33)30-24-31-23(37-2)22-15(3-6-35(22)32-24)14-9-16(25)21-19(10-14)34(13-29-21)12-20(27)28/h3,6,9-10,13,17-18,20H,4-5,7-8,11-12H2,1-2H3,(H,30,32)/t17-,18+/m0/s1. The van der Waals surface area contributed by atoms with Crippen LogP contribution in [-0.4, -0.2) is 88.1 Å². The molecule has 1 saturated heterocycles. The maximum absolute atomic E-state index is 14.9. The van der Waals surface area contributed by atoms with Gasteiger partial charge in [-0.15, -0.1) is 5.10 Å². The first-order valence-electron chi connectivity index (χ1n) is 11.9. The molecule has 3 aromatic heterocycles. The summed E-state index contributed by atoms with van der Waals surface area (Å²) in [6, 6.07) is 4.12. The number of hydrogen-bond acceptors (Lipinski definition) is 7. The number of nitrogens with one attached hydrogen (secondary N) is 1. The molecule has 0 unspecified atom stereocenters. The zero-order chi connectivity index (χ0) is 26.1. The molecule has 0 bridgehead atoms. The van der Waals surface area contributed by atoms with E-state index in [-0.39, 0.29) is 29.4 Å². The summed E-state index contributed by atoms with van der Waals surface area (Å²) >= 11 is 0. The molecule has 1 aromatic carbocycles. The quantitative estimate of drug-likeness (QED) is 0.337. The van der Waals surface area contributed by atoms with E-state index in [0.717, 1.165) is 0 Å². The predicted octanol–water partition coefficient (Wildman–Crippen LogP) is 3.63. The maximum atomic E-state index is 14.9. The number of nitrogens with zero attached hydrogens (tertiary/aromatic N) is 6. The van der Waals surface area contributed by atoms with E-state index in [4.69, 9.17) is 9.47 Å². The van der Waals surface area contributed by atoms with Crippen LogP contribution in [0.5, 0.6) is 5.88 Å². The van der Waals surface area contributed by atoms with Gasteiger partial charge in [0.15, 0.2) is 5.82 Å². The lowest BCUT2D eigenvalue weighted by molar-refractivity contribution is 0.0918. The summed E-state index contributed by atoms with van der Waals surface area (Å²) in [6.07, 6.45) is -0.316. The number of likely N-dealkylation sites (tertiary alicyclic amines) is 1.